The minimum absolute atomic E-state index is 0.0106. The first kappa shape index (κ1) is 12.6. The Hall–Kier alpha value is -2.17. The molecule has 0 fully saturated rings. The van der Waals surface area contributed by atoms with Crippen LogP contribution in [0.1, 0.15) is 17.4 Å². The molecule has 0 radical (unpaired) electrons. The molecule has 1 unspecified atom stereocenters. The molecule has 0 aliphatic rings. The maximum atomic E-state index is 5.98. The Morgan fingerprint density at radius 3 is 2.95 bits per heavy atom. The number of benzene rings is 1. The number of nitrogens with one attached hydrogen (secondary N) is 1. The van der Waals surface area contributed by atoms with Crippen LogP contribution in [0.5, 0.6) is 0 Å². The van der Waals surface area contributed by atoms with Crippen molar-refractivity contribution >= 4 is 32.5 Å². The van der Waals surface area contributed by atoms with Crippen LogP contribution in [0.15, 0.2) is 58.5 Å². The van der Waals surface area contributed by atoms with Gasteiger partial charge in [0.1, 0.15) is 11.3 Å². The molecule has 0 bridgehead atoms. The summed E-state index contributed by atoms with van der Waals surface area (Å²) in [5, 5.41) is 6.51. The van der Waals surface area contributed by atoms with Crippen LogP contribution in [0.3, 0.4) is 0 Å². The van der Waals surface area contributed by atoms with Crippen LogP contribution >= 0.6 is 11.3 Å². The highest BCUT2D eigenvalue weighted by Crippen LogP contribution is 2.30. The van der Waals surface area contributed by atoms with E-state index in [-0.39, 0.29) is 6.04 Å². The van der Waals surface area contributed by atoms with Gasteiger partial charge in [-0.25, -0.2) is 0 Å². The standard InChI is InChI=1S/C17H14N2OS/c1-18-17(12-9-16-13(19-10-12)6-7-21-16)15-8-11-4-2-3-5-14(11)20-15/h2-10,17-18H,1H3. The second-order valence-electron chi connectivity index (χ2n) is 4.98. The Morgan fingerprint density at radius 1 is 1.19 bits per heavy atom. The Labute approximate surface area is 126 Å². The van der Waals surface area contributed by atoms with Crippen LogP contribution in [0, 0.1) is 0 Å². The fraction of sp³-hybridized carbons (Fsp3) is 0.118. The molecule has 0 aliphatic heterocycles. The van der Waals surface area contributed by atoms with Crippen molar-refractivity contribution in [2.75, 3.05) is 7.05 Å². The third kappa shape index (κ3) is 2.13. The summed E-state index contributed by atoms with van der Waals surface area (Å²) in [5.74, 6) is 0.913. The van der Waals surface area contributed by atoms with Gasteiger partial charge < -0.3 is 9.73 Å². The molecule has 21 heavy (non-hydrogen) atoms. The van der Waals surface area contributed by atoms with Gasteiger partial charge in [-0.2, -0.15) is 0 Å². The Balaban J connectivity index is 1.82. The number of rotatable bonds is 3. The van der Waals surface area contributed by atoms with E-state index >= 15 is 0 Å². The van der Waals surface area contributed by atoms with Crippen molar-refractivity contribution in [2.45, 2.75) is 6.04 Å². The summed E-state index contributed by atoms with van der Waals surface area (Å²) in [7, 11) is 1.94. The zero-order valence-electron chi connectivity index (χ0n) is 11.5. The lowest BCUT2D eigenvalue weighted by molar-refractivity contribution is 0.491. The summed E-state index contributed by atoms with van der Waals surface area (Å²) in [6, 6.07) is 14.4. The van der Waals surface area contributed by atoms with Gasteiger partial charge in [-0.3, -0.25) is 4.98 Å². The molecular weight excluding hydrogens is 280 g/mol. The van der Waals surface area contributed by atoms with E-state index in [2.05, 4.69) is 33.9 Å². The van der Waals surface area contributed by atoms with Gasteiger partial charge in [0.2, 0.25) is 0 Å². The van der Waals surface area contributed by atoms with E-state index in [9.17, 15) is 0 Å². The van der Waals surface area contributed by atoms with Gasteiger partial charge in [-0.1, -0.05) is 18.2 Å². The number of para-hydroxylation sites is 1. The number of nitrogens with zero attached hydrogens (tertiary/aromatic N) is 1. The minimum Gasteiger partial charge on any atom is -0.459 e. The first-order valence-corrected chi connectivity index (χ1v) is 7.72. The molecule has 0 saturated heterocycles. The number of furan rings is 1. The second-order valence-corrected chi connectivity index (χ2v) is 5.93. The van der Waals surface area contributed by atoms with Gasteiger partial charge >= 0.3 is 0 Å². The molecule has 3 nitrogen and oxygen atoms in total. The normalized spacial score (nSPS) is 13.0. The third-order valence-corrected chi connectivity index (χ3v) is 4.53. The third-order valence-electron chi connectivity index (χ3n) is 3.67. The molecule has 4 aromatic rings. The van der Waals surface area contributed by atoms with Crippen LogP contribution in [-0.4, -0.2) is 12.0 Å². The lowest BCUT2D eigenvalue weighted by atomic mass is 10.1. The molecule has 4 heteroatoms. The van der Waals surface area contributed by atoms with Crippen molar-refractivity contribution in [1.29, 1.82) is 0 Å². The van der Waals surface area contributed by atoms with Crippen molar-refractivity contribution in [3.63, 3.8) is 0 Å². The maximum absolute atomic E-state index is 5.98. The highest BCUT2D eigenvalue weighted by molar-refractivity contribution is 7.17. The predicted octanol–water partition coefficient (Wildman–Crippen LogP) is 4.35. The van der Waals surface area contributed by atoms with E-state index in [4.69, 9.17) is 4.42 Å². The molecule has 1 N–H and O–H groups in total. The fourth-order valence-electron chi connectivity index (χ4n) is 2.64. The van der Waals surface area contributed by atoms with Crippen molar-refractivity contribution in [3.05, 3.63) is 65.4 Å². The van der Waals surface area contributed by atoms with Gasteiger partial charge in [-0.05, 0) is 42.3 Å². The number of pyridine rings is 1. The number of fused-ring (bicyclic) bond motifs is 2. The largest absolute Gasteiger partial charge is 0.459 e. The lowest BCUT2D eigenvalue weighted by Gasteiger charge is -2.13. The van der Waals surface area contributed by atoms with Crippen molar-refractivity contribution in [1.82, 2.24) is 10.3 Å². The quantitative estimate of drug-likeness (QED) is 0.610. The SMILES string of the molecule is CNC(c1cnc2ccsc2c1)c1cc2ccccc2o1. The summed E-state index contributed by atoms with van der Waals surface area (Å²) in [6.07, 6.45) is 1.92. The molecule has 0 saturated carbocycles. The van der Waals surface area contributed by atoms with Gasteiger partial charge in [0.15, 0.2) is 0 Å². The summed E-state index contributed by atoms with van der Waals surface area (Å²) in [6.45, 7) is 0. The highest BCUT2D eigenvalue weighted by atomic mass is 32.1. The number of hydrogen-bond donors (Lipinski definition) is 1. The van der Waals surface area contributed by atoms with Gasteiger partial charge in [-0.15, -0.1) is 11.3 Å². The van der Waals surface area contributed by atoms with Crippen LogP contribution < -0.4 is 5.32 Å². The lowest BCUT2D eigenvalue weighted by Crippen LogP contribution is -2.17. The molecule has 1 aromatic carbocycles. The molecule has 104 valence electrons. The van der Waals surface area contributed by atoms with Crippen LogP contribution in [0.2, 0.25) is 0 Å². The van der Waals surface area contributed by atoms with Crippen molar-refractivity contribution in [2.24, 2.45) is 0 Å². The predicted molar refractivity (Wildman–Crippen MR) is 86.7 cm³/mol. The Morgan fingerprint density at radius 2 is 2.10 bits per heavy atom. The van der Waals surface area contributed by atoms with Crippen molar-refractivity contribution < 1.29 is 4.42 Å². The molecule has 0 amide bonds. The van der Waals surface area contributed by atoms with Gasteiger partial charge in [0.25, 0.3) is 0 Å². The van der Waals surface area contributed by atoms with E-state index in [1.54, 1.807) is 11.3 Å². The number of thiophene rings is 1. The minimum atomic E-state index is 0.0106. The monoisotopic (exact) mass is 294 g/mol. The summed E-state index contributed by atoms with van der Waals surface area (Å²) in [4.78, 5) is 4.52. The molecule has 4 rings (SSSR count). The number of aromatic nitrogens is 1. The molecular formula is C17H14N2OS. The number of hydrogen-bond acceptors (Lipinski definition) is 4. The average Bonchev–Trinajstić information content (AvgIpc) is 3.13. The highest BCUT2D eigenvalue weighted by Gasteiger charge is 2.17. The summed E-state index contributed by atoms with van der Waals surface area (Å²) < 4.78 is 7.18. The van der Waals surface area contributed by atoms with E-state index in [0.717, 1.165) is 27.8 Å². The van der Waals surface area contributed by atoms with Crippen LogP contribution in [0.25, 0.3) is 21.2 Å². The topological polar surface area (TPSA) is 38.1 Å². The Bertz CT molecular complexity index is 874. The van der Waals surface area contributed by atoms with E-state index in [1.165, 1.54) is 4.70 Å². The second kappa shape index (κ2) is 4.98. The Kier molecular flexibility index (Phi) is 2.98. The molecule has 3 aromatic heterocycles. The zero-order valence-corrected chi connectivity index (χ0v) is 12.4. The van der Waals surface area contributed by atoms with E-state index in [1.807, 2.05) is 37.5 Å². The molecule has 1 atom stereocenters. The first-order chi connectivity index (χ1) is 10.3. The fourth-order valence-corrected chi connectivity index (χ4v) is 3.43. The van der Waals surface area contributed by atoms with Gasteiger partial charge in [0, 0.05) is 11.6 Å². The average molecular weight is 294 g/mol. The molecule has 0 spiro atoms. The van der Waals surface area contributed by atoms with Crippen LogP contribution in [0.4, 0.5) is 0 Å². The molecule has 0 aliphatic carbocycles. The van der Waals surface area contributed by atoms with E-state index in [0.29, 0.717) is 0 Å². The summed E-state index contributed by atoms with van der Waals surface area (Å²) >= 11 is 1.71. The smallest absolute Gasteiger partial charge is 0.134 e. The summed E-state index contributed by atoms with van der Waals surface area (Å²) in [5.41, 5.74) is 3.08. The first-order valence-electron chi connectivity index (χ1n) is 6.84. The maximum Gasteiger partial charge on any atom is 0.134 e. The van der Waals surface area contributed by atoms with E-state index < -0.39 is 0 Å². The zero-order chi connectivity index (χ0) is 14.2. The van der Waals surface area contributed by atoms with Crippen LogP contribution in [-0.2, 0) is 0 Å². The van der Waals surface area contributed by atoms with Gasteiger partial charge in [0.05, 0.1) is 16.3 Å². The molecule has 3 heterocycles. The van der Waals surface area contributed by atoms with Crippen molar-refractivity contribution in [3.8, 4) is 0 Å².